The Morgan fingerprint density at radius 2 is 1.64 bits per heavy atom. The second-order valence-corrected chi connectivity index (χ2v) is 12.4. The van der Waals surface area contributed by atoms with Crippen LogP contribution in [0.4, 0.5) is 13.9 Å². The zero-order valence-corrected chi connectivity index (χ0v) is 25.4. The average molecular weight is 642 g/mol. The summed E-state index contributed by atoms with van der Waals surface area (Å²) in [5.41, 5.74) is 2.99. The van der Waals surface area contributed by atoms with Gasteiger partial charge in [-0.2, -0.15) is 0 Å². The molecular formula is C34H25F2N3O4S2. The van der Waals surface area contributed by atoms with E-state index in [0.717, 1.165) is 32.9 Å². The number of anilines is 1. The van der Waals surface area contributed by atoms with Crippen molar-refractivity contribution in [2.75, 3.05) is 4.90 Å². The van der Waals surface area contributed by atoms with E-state index in [4.69, 9.17) is 4.74 Å². The normalized spacial score (nSPS) is 15.9. The lowest BCUT2D eigenvalue weighted by Crippen LogP contribution is -2.29. The molecule has 1 N–H and O–H groups in total. The van der Waals surface area contributed by atoms with Gasteiger partial charge >= 0.3 is 5.91 Å². The van der Waals surface area contributed by atoms with Crippen molar-refractivity contribution in [3.8, 4) is 5.75 Å². The van der Waals surface area contributed by atoms with Gasteiger partial charge in [0.1, 0.15) is 35.8 Å². The lowest BCUT2D eigenvalue weighted by Gasteiger charge is -2.22. The Morgan fingerprint density at radius 1 is 0.933 bits per heavy atom. The summed E-state index contributed by atoms with van der Waals surface area (Å²) in [5, 5.41) is 19.8. The van der Waals surface area contributed by atoms with Crippen molar-refractivity contribution in [3.63, 3.8) is 0 Å². The molecule has 0 radical (unpaired) electrons. The van der Waals surface area contributed by atoms with Crippen molar-refractivity contribution < 1.29 is 28.2 Å². The highest BCUT2D eigenvalue weighted by molar-refractivity contribution is 8.00. The third-order valence-electron chi connectivity index (χ3n) is 7.31. The summed E-state index contributed by atoms with van der Waals surface area (Å²) >= 11 is 2.38. The van der Waals surface area contributed by atoms with Crippen LogP contribution >= 0.6 is 23.1 Å². The summed E-state index contributed by atoms with van der Waals surface area (Å²) < 4.78 is 34.9. The smallest absolute Gasteiger partial charge is 0.301 e. The molecule has 6 rings (SSSR count). The topological polar surface area (TPSA) is 92.6 Å². The van der Waals surface area contributed by atoms with Gasteiger partial charge in [-0.1, -0.05) is 77.7 Å². The fraction of sp³-hybridized carbons (Fsp3) is 0.118. The van der Waals surface area contributed by atoms with Crippen molar-refractivity contribution in [1.82, 2.24) is 10.2 Å². The third kappa shape index (κ3) is 6.36. The van der Waals surface area contributed by atoms with Crippen LogP contribution in [0.5, 0.6) is 5.75 Å². The number of ketones is 1. The predicted octanol–water partition coefficient (Wildman–Crippen LogP) is 7.62. The van der Waals surface area contributed by atoms with Crippen LogP contribution in [0.3, 0.4) is 0 Å². The van der Waals surface area contributed by atoms with Gasteiger partial charge in [0, 0.05) is 16.9 Å². The Balaban J connectivity index is 1.30. The first-order valence-corrected chi connectivity index (χ1v) is 15.6. The van der Waals surface area contributed by atoms with Crippen LogP contribution in [-0.4, -0.2) is 27.0 Å². The SMILES string of the molecule is Cc1ccccc1COc1ccc(C(O)=C2C(=O)C(=O)N(c3nnc(SCc4ccc(F)cc4)s3)C2c2ccccc2F)cc1. The van der Waals surface area contributed by atoms with Gasteiger partial charge in [-0.25, -0.2) is 8.78 Å². The second kappa shape index (κ2) is 13.0. The number of Topliss-reactive ketones (excluding diaryl/α,β-unsaturated/α-hetero) is 1. The van der Waals surface area contributed by atoms with E-state index in [1.165, 1.54) is 42.1 Å². The first-order chi connectivity index (χ1) is 21.8. The van der Waals surface area contributed by atoms with Crippen LogP contribution in [0.25, 0.3) is 5.76 Å². The van der Waals surface area contributed by atoms with Crippen LogP contribution in [-0.2, 0) is 21.9 Å². The first kappa shape index (κ1) is 30.2. The van der Waals surface area contributed by atoms with Crippen molar-refractivity contribution >= 4 is 45.7 Å². The summed E-state index contributed by atoms with van der Waals surface area (Å²) in [6.45, 7) is 2.35. The monoisotopic (exact) mass is 641 g/mol. The third-order valence-corrected chi connectivity index (χ3v) is 9.43. The van der Waals surface area contributed by atoms with Crippen LogP contribution in [0.1, 0.15) is 33.9 Å². The maximum Gasteiger partial charge on any atom is 0.301 e. The molecule has 0 bridgehead atoms. The Kier molecular flexibility index (Phi) is 8.72. The fourth-order valence-electron chi connectivity index (χ4n) is 4.90. The average Bonchev–Trinajstić information content (AvgIpc) is 3.62. The molecule has 0 saturated carbocycles. The lowest BCUT2D eigenvalue weighted by molar-refractivity contribution is -0.132. The molecule has 2 heterocycles. The highest BCUT2D eigenvalue weighted by atomic mass is 32.2. The number of hydrogen-bond acceptors (Lipinski definition) is 8. The summed E-state index contributed by atoms with van der Waals surface area (Å²) in [6, 6.07) is 24.8. The van der Waals surface area contributed by atoms with Gasteiger partial charge in [0.05, 0.1) is 5.57 Å². The van der Waals surface area contributed by atoms with E-state index in [9.17, 15) is 19.1 Å². The van der Waals surface area contributed by atoms with Gasteiger partial charge in [0.15, 0.2) is 4.34 Å². The summed E-state index contributed by atoms with van der Waals surface area (Å²) in [6.07, 6.45) is 0. The molecule has 0 aliphatic carbocycles. The quantitative estimate of drug-likeness (QED) is 0.0582. The molecule has 1 saturated heterocycles. The standard InChI is InChI=1S/C34H25F2N3O4S2/c1-20-6-2-3-7-23(20)18-43-25-16-12-22(13-17-25)30(40)28-29(26-8-4-5-9-27(26)36)39(32(42)31(28)41)33-37-38-34(45-33)44-19-21-10-14-24(35)15-11-21/h2-17,29,40H,18-19H2,1H3. The zero-order valence-electron chi connectivity index (χ0n) is 23.8. The number of aryl methyl sites for hydroxylation is 1. The number of aliphatic hydroxyl groups excluding tert-OH is 1. The van der Waals surface area contributed by atoms with Crippen LogP contribution in [0, 0.1) is 18.6 Å². The molecule has 1 atom stereocenters. The van der Waals surface area contributed by atoms with Gasteiger partial charge in [0.2, 0.25) is 5.13 Å². The predicted molar refractivity (Wildman–Crippen MR) is 169 cm³/mol. The van der Waals surface area contributed by atoms with E-state index < -0.39 is 29.3 Å². The number of aromatic nitrogens is 2. The molecule has 1 unspecified atom stereocenters. The van der Waals surface area contributed by atoms with E-state index in [1.807, 2.05) is 31.2 Å². The van der Waals surface area contributed by atoms with Gasteiger partial charge in [-0.15, -0.1) is 10.2 Å². The lowest BCUT2D eigenvalue weighted by atomic mass is 9.95. The first-order valence-electron chi connectivity index (χ1n) is 13.8. The number of nitrogens with zero attached hydrogens (tertiary/aromatic N) is 3. The summed E-state index contributed by atoms with van der Waals surface area (Å²) in [7, 11) is 0. The van der Waals surface area contributed by atoms with Gasteiger partial charge < -0.3 is 9.84 Å². The highest BCUT2D eigenvalue weighted by Gasteiger charge is 2.49. The Hall–Kier alpha value is -4.87. The molecule has 4 aromatic carbocycles. The van der Waals surface area contributed by atoms with Crippen molar-refractivity contribution in [3.05, 3.63) is 142 Å². The molecule has 1 fully saturated rings. The molecule has 7 nitrogen and oxygen atoms in total. The Morgan fingerprint density at radius 3 is 2.38 bits per heavy atom. The number of halogens is 2. The summed E-state index contributed by atoms with van der Waals surface area (Å²) in [5.74, 6) is -2.38. The zero-order chi connectivity index (χ0) is 31.5. The number of amides is 1. The Labute approximate surface area is 265 Å². The van der Waals surface area contributed by atoms with Crippen molar-refractivity contribution in [2.45, 2.75) is 29.7 Å². The van der Waals surface area contributed by atoms with Crippen molar-refractivity contribution in [2.24, 2.45) is 0 Å². The molecular weight excluding hydrogens is 617 g/mol. The number of carbonyl (C=O) groups excluding carboxylic acids is 2. The number of hydrogen-bond donors (Lipinski definition) is 1. The van der Waals surface area contributed by atoms with Crippen LogP contribution in [0.15, 0.2) is 107 Å². The Bertz CT molecular complexity index is 1910. The number of aliphatic hydroxyl groups is 1. The number of thioether (sulfide) groups is 1. The minimum Gasteiger partial charge on any atom is -0.507 e. The highest BCUT2D eigenvalue weighted by Crippen LogP contribution is 2.44. The van der Waals surface area contributed by atoms with Crippen molar-refractivity contribution in [1.29, 1.82) is 0 Å². The fourth-order valence-corrected chi connectivity index (χ4v) is 6.73. The maximum absolute atomic E-state index is 15.2. The van der Waals surface area contributed by atoms with Gasteiger partial charge in [0.25, 0.3) is 5.78 Å². The van der Waals surface area contributed by atoms with E-state index in [2.05, 4.69) is 10.2 Å². The molecule has 11 heteroatoms. The van der Waals surface area contributed by atoms with Crippen LogP contribution < -0.4 is 9.64 Å². The van der Waals surface area contributed by atoms with E-state index in [1.54, 1.807) is 42.5 Å². The van der Waals surface area contributed by atoms with E-state index in [-0.39, 0.29) is 27.6 Å². The molecule has 1 amide bonds. The minimum absolute atomic E-state index is 0.0205. The molecule has 5 aromatic rings. The van der Waals surface area contributed by atoms with Gasteiger partial charge in [-0.3, -0.25) is 14.5 Å². The van der Waals surface area contributed by atoms with E-state index >= 15 is 4.39 Å². The number of benzene rings is 4. The molecule has 1 aliphatic rings. The van der Waals surface area contributed by atoms with Gasteiger partial charge in [-0.05, 0) is 66.1 Å². The molecule has 226 valence electrons. The number of ether oxygens (including phenoxy) is 1. The number of carbonyl (C=O) groups is 2. The second-order valence-electron chi connectivity index (χ2n) is 10.2. The maximum atomic E-state index is 15.2. The summed E-state index contributed by atoms with van der Waals surface area (Å²) in [4.78, 5) is 28.0. The molecule has 0 spiro atoms. The molecule has 1 aromatic heterocycles. The van der Waals surface area contributed by atoms with E-state index in [0.29, 0.717) is 22.4 Å². The largest absolute Gasteiger partial charge is 0.507 e. The minimum atomic E-state index is -1.29. The number of rotatable bonds is 9. The van der Waals surface area contributed by atoms with Crippen LogP contribution in [0.2, 0.25) is 0 Å². The molecule has 1 aliphatic heterocycles. The molecule has 45 heavy (non-hydrogen) atoms.